The highest BCUT2D eigenvalue weighted by Crippen LogP contribution is 2.56. The minimum atomic E-state index is -0.352. The Bertz CT molecular complexity index is 1030. The van der Waals surface area contributed by atoms with Crippen LogP contribution in [0.25, 0.3) is 10.9 Å². The first-order valence-corrected chi connectivity index (χ1v) is 9.47. The number of aromatic nitrogens is 3. The number of aliphatic hydroxyl groups excluding tert-OH is 1. The summed E-state index contributed by atoms with van der Waals surface area (Å²) < 4.78 is 1.76. The summed E-state index contributed by atoms with van der Waals surface area (Å²) in [5, 5.41) is 10.3. The highest BCUT2D eigenvalue weighted by atomic mass is 16.3. The smallest absolute Gasteiger partial charge is 0.329 e. The van der Waals surface area contributed by atoms with Crippen LogP contribution >= 0.6 is 0 Å². The van der Waals surface area contributed by atoms with Crippen molar-refractivity contribution in [2.45, 2.75) is 45.6 Å². The number of anilines is 1. The van der Waals surface area contributed by atoms with Crippen molar-refractivity contribution in [2.75, 3.05) is 24.6 Å². The third-order valence-corrected chi connectivity index (χ3v) is 6.61. The van der Waals surface area contributed by atoms with Gasteiger partial charge in [0, 0.05) is 37.2 Å². The zero-order chi connectivity index (χ0) is 18.2. The standard InChI is InChI=1S/C19H24N4O3/c1-10-15-14(17(25)21-18(26)23(15)13-3-4-13)11(2)20-16(10)22-7-12(8-24)19(9-22)5-6-19/h12-13,24H,3-9H2,1-2H3,(H,21,25,26). The first kappa shape index (κ1) is 16.1. The molecule has 2 saturated carbocycles. The lowest BCUT2D eigenvalue weighted by atomic mass is 9.94. The summed E-state index contributed by atoms with van der Waals surface area (Å²) in [7, 11) is 0. The van der Waals surface area contributed by atoms with E-state index in [9.17, 15) is 14.7 Å². The van der Waals surface area contributed by atoms with Crippen molar-refractivity contribution in [1.82, 2.24) is 14.5 Å². The van der Waals surface area contributed by atoms with Gasteiger partial charge in [0.05, 0.1) is 16.6 Å². The van der Waals surface area contributed by atoms with Gasteiger partial charge in [-0.2, -0.15) is 0 Å². The van der Waals surface area contributed by atoms with Gasteiger partial charge in [-0.05, 0) is 44.9 Å². The van der Waals surface area contributed by atoms with Crippen molar-refractivity contribution in [2.24, 2.45) is 11.3 Å². The van der Waals surface area contributed by atoms with E-state index < -0.39 is 0 Å². The normalized spacial score (nSPS) is 24.0. The van der Waals surface area contributed by atoms with Crippen molar-refractivity contribution in [3.8, 4) is 0 Å². The molecule has 7 nitrogen and oxygen atoms in total. The van der Waals surface area contributed by atoms with Gasteiger partial charge < -0.3 is 10.0 Å². The van der Waals surface area contributed by atoms with Crippen LogP contribution in [-0.2, 0) is 0 Å². The number of H-pyrrole nitrogens is 1. The molecule has 1 atom stereocenters. The van der Waals surface area contributed by atoms with Crippen molar-refractivity contribution < 1.29 is 5.11 Å². The number of aliphatic hydroxyl groups is 1. The van der Waals surface area contributed by atoms with Crippen molar-refractivity contribution in [3.63, 3.8) is 0 Å². The largest absolute Gasteiger partial charge is 0.396 e. The number of nitrogens with one attached hydrogen (secondary N) is 1. The van der Waals surface area contributed by atoms with Crippen LogP contribution in [0.3, 0.4) is 0 Å². The Kier molecular flexibility index (Phi) is 3.20. The predicted molar refractivity (Wildman–Crippen MR) is 98.8 cm³/mol. The third kappa shape index (κ3) is 2.13. The fourth-order valence-electron chi connectivity index (χ4n) is 4.82. The highest BCUT2D eigenvalue weighted by Gasteiger charge is 2.55. The molecule has 26 heavy (non-hydrogen) atoms. The molecule has 5 rings (SSSR count). The average molecular weight is 356 g/mol. The number of hydrogen-bond donors (Lipinski definition) is 2. The summed E-state index contributed by atoms with van der Waals surface area (Å²) >= 11 is 0. The van der Waals surface area contributed by atoms with Gasteiger partial charge in [0.15, 0.2) is 0 Å². The molecule has 7 heteroatoms. The molecule has 1 saturated heterocycles. The molecule has 3 aliphatic rings. The second-order valence-corrected chi connectivity index (χ2v) is 8.35. The van der Waals surface area contributed by atoms with Crippen molar-refractivity contribution in [1.29, 1.82) is 0 Å². The number of aromatic amines is 1. The molecule has 2 aromatic rings. The maximum absolute atomic E-state index is 12.5. The van der Waals surface area contributed by atoms with Crippen molar-refractivity contribution >= 4 is 16.7 Å². The minimum Gasteiger partial charge on any atom is -0.396 e. The van der Waals surface area contributed by atoms with Crippen LogP contribution in [0.1, 0.15) is 43.0 Å². The maximum Gasteiger partial charge on any atom is 0.329 e. The molecule has 138 valence electrons. The van der Waals surface area contributed by atoms with Crippen LogP contribution < -0.4 is 16.1 Å². The lowest BCUT2D eigenvalue weighted by Crippen LogP contribution is -2.32. The Hall–Kier alpha value is -2.15. The zero-order valence-electron chi connectivity index (χ0n) is 15.2. The van der Waals surface area contributed by atoms with E-state index in [1.165, 1.54) is 0 Å². The van der Waals surface area contributed by atoms with Gasteiger partial charge >= 0.3 is 5.69 Å². The quantitative estimate of drug-likeness (QED) is 0.864. The number of aryl methyl sites for hydroxylation is 2. The first-order valence-electron chi connectivity index (χ1n) is 9.47. The molecule has 3 heterocycles. The lowest BCUT2D eigenvalue weighted by Gasteiger charge is -2.23. The van der Waals surface area contributed by atoms with E-state index in [0.29, 0.717) is 11.1 Å². The maximum atomic E-state index is 12.5. The van der Waals surface area contributed by atoms with E-state index >= 15 is 0 Å². The Labute approximate surface area is 150 Å². The summed E-state index contributed by atoms with van der Waals surface area (Å²) in [4.78, 5) is 34.4. The van der Waals surface area contributed by atoms with Crippen LogP contribution in [-0.4, -0.2) is 39.3 Å². The van der Waals surface area contributed by atoms with Gasteiger partial charge in [-0.1, -0.05) is 0 Å². The van der Waals surface area contributed by atoms with E-state index in [1.54, 1.807) is 4.57 Å². The molecule has 1 aliphatic heterocycles. The van der Waals surface area contributed by atoms with Gasteiger partial charge in [-0.3, -0.25) is 14.3 Å². The van der Waals surface area contributed by atoms with E-state index in [-0.39, 0.29) is 35.2 Å². The van der Waals surface area contributed by atoms with Crippen LogP contribution in [0.15, 0.2) is 9.59 Å². The summed E-state index contributed by atoms with van der Waals surface area (Å²) in [5.41, 5.74) is 1.85. The monoisotopic (exact) mass is 356 g/mol. The van der Waals surface area contributed by atoms with Gasteiger partial charge in [0.2, 0.25) is 0 Å². The molecular weight excluding hydrogens is 332 g/mol. The SMILES string of the molecule is Cc1nc(N2CC(CO)C3(CC3)C2)c(C)c2c1c(=O)[nH]c(=O)n2C1CC1. The van der Waals surface area contributed by atoms with Crippen molar-refractivity contribution in [3.05, 3.63) is 32.1 Å². The predicted octanol–water partition coefficient (Wildman–Crippen LogP) is 1.25. The van der Waals surface area contributed by atoms with Gasteiger partial charge in [0.25, 0.3) is 5.56 Å². The minimum absolute atomic E-state index is 0.175. The molecule has 2 aliphatic carbocycles. The van der Waals surface area contributed by atoms with Gasteiger partial charge in [-0.15, -0.1) is 0 Å². The fourth-order valence-corrected chi connectivity index (χ4v) is 4.82. The molecular formula is C19H24N4O3. The number of pyridine rings is 1. The van der Waals surface area contributed by atoms with Crippen LogP contribution in [0.5, 0.6) is 0 Å². The number of nitrogens with zero attached hydrogens (tertiary/aromatic N) is 3. The van der Waals surface area contributed by atoms with E-state index in [0.717, 1.165) is 55.7 Å². The summed E-state index contributed by atoms with van der Waals surface area (Å²) in [6.45, 7) is 5.69. The topological polar surface area (TPSA) is 91.2 Å². The molecule has 3 fully saturated rings. The van der Waals surface area contributed by atoms with E-state index in [4.69, 9.17) is 4.98 Å². The highest BCUT2D eigenvalue weighted by molar-refractivity contribution is 5.87. The summed E-state index contributed by atoms with van der Waals surface area (Å²) in [5.74, 6) is 1.14. The van der Waals surface area contributed by atoms with E-state index in [2.05, 4.69) is 9.88 Å². The van der Waals surface area contributed by atoms with Crippen LogP contribution in [0.2, 0.25) is 0 Å². The molecule has 0 aromatic carbocycles. The van der Waals surface area contributed by atoms with Gasteiger partial charge in [0.1, 0.15) is 5.82 Å². The fraction of sp³-hybridized carbons (Fsp3) is 0.632. The lowest BCUT2D eigenvalue weighted by molar-refractivity contribution is 0.197. The van der Waals surface area contributed by atoms with Gasteiger partial charge in [-0.25, -0.2) is 9.78 Å². The average Bonchev–Trinajstić information content (AvgIpc) is 3.49. The first-order chi connectivity index (χ1) is 12.4. The third-order valence-electron chi connectivity index (χ3n) is 6.61. The second-order valence-electron chi connectivity index (χ2n) is 8.35. The molecule has 2 N–H and O–H groups in total. The molecule has 2 aromatic heterocycles. The zero-order valence-corrected chi connectivity index (χ0v) is 15.2. The van der Waals surface area contributed by atoms with Crippen LogP contribution in [0.4, 0.5) is 5.82 Å². The second kappa shape index (κ2) is 5.19. The number of fused-ring (bicyclic) bond motifs is 1. The molecule has 1 unspecified atom stereocenters. The van der Waals surface area contributed by atoms with E-state index in [1.807, 2.05) is 13.8 Å². The molecule has 0 amide bonds. The Balaban J connectivity index is 1.73. The molecule has 0 bridgehead atoms. The van der Waals surface area contributed by atoms with Crippen LogP contribution in [0, 0.1) is 25.2 Å². The summed E-state index contributed by atoms with van der Waals surface area (Å²) in [6.07, 6.45) is 4.26. The number of rotatable bonds is 3. The Morgan fingerprint density at radius 2 is 2.00 bits per heavy atom. The molecule has 1 spiro atoms. The Morgan fingerprint density at radius 1 is 1.27 bits per heavy atom. The summed E-state index contributed by atoms with van der Waals surface area (Å²) in [6, 6.07) is 0.175. The molecule has 0 radical (unpaired) electrons. The Morgan fingerprint density at radius 3 is 2.58 bits per heavy atom. The number of hydrogen-bond acceptors (Lipinski definition) is 5.